The van der Waals surface area contributed by atoms with Crippen LogP contribution in [0.15, 0.2) is 18.2 Å². The fourth-order valence-electron chi connectivity index (χ4n) is 3.49. The van der Waals surface area contributed by atoms with Crippen LogP contribution in [0.5, 0.6) is 0 Å². The molecular weight excluding hydrogens is 326 g/mol. The van der Waals surface area contributed by atoms with Crippen LogP contribution in [-0.2, 0) is 9.53 Å². The van der Waals surface area contributed by atoms with E-state index in [1.165, 1.54) is 7.11 Å². The lowest BCUT2D eigenvalue weighted by atomic mass is 9.82. The van der Waals surface area contributed by atoms with Crippen LogP contribution >= 0.6 is 0 Å². The number of ether oxygens (including phenoxy) is 1. The Morgan fingerprint density at radius 2 is 1.69 bits per heavy atom. The highest BCUT2D eigenvalue weighted by atomic mass is 16.5. The van der Waals surface area contributed by atoms with E-state index in [9.17, 15) is 9.59 Å². The largest absolute Gasteiger partial charge is 0.465 e. The van der Waals surface area contributed by atoms with Gasteiger partial charge in [-0.05, 0) is 64.5 Å². The molecule has 0 atom stereocenters. The van der Waals surface area contributed by atoms with Crippen LogP contribution in [0, 0.1) is 18.8 Å². The second-order valence-corrected chi connectivity index (χ2v) is 7.27. The van der Waals surface area contributed by atoms with Gasteiger partial charge in [0, 0.05) is 12.0 Å². The van der Waals surface area contributed by atoms with Gasteiger partial charge in [0.05, 0.1) is 18.4 Å². The first-order valence-electron chi connectivity index (χ1n) is 9.87. The summed E-state index contributed by atoms with van der Waals surface area (Å²) in [6, 6.07) is 5.59. The molecule has 1 fully saturated rings. The minimum Gasteiger partial charge on any atom is -0.465 e. The van der Waals surface area contributed by atoms with Crippen molar-refractivity contribution in [1.29, 1.82) is 0 Å². The van der Waals surface area contributed by atoms with Crippen LogP contribution < -0.4 is 4.90 Å². The number of carbonyl (C=O) groups excluding carboxylic acids is 2. The molecule has 1 amide bonds. The van der Waals surface area contributed by atoms with E-state index in [0.29, 0.717) is 17.2 Å². The SMILES string of the molecule is CC.COC(=O)c1cc(C)ccc1N(C(=O)C1CCC(C)CC1)C(C)C. The minimum atomic E-state index is -0.399. The number of aryl methyl sites for hydroxylation is 1. The zero-order valence-corrected chi connectivity index (χ0v) is 17.5. The Labute approximate surface area is 158 Å². The number of anilines is 1. The number of hydrogen-bond acceptors (Lipinski definition) is 3. The summed E-state index contributed by atoms with van der Waals surface area (Å²) < 4.78 is 4.92. The first-order valence-corrected chi connectivity index (χ1v) is 9.87. The summed E-state index contributed by atoms with van der Waals surface area (Å²) in [6.07, 6.45) is 4.06. The van der Waals surface area contributed by atoms with Crippen LogP contribution in [-0.4, -0.2) is 25.0 Å². The van der Waals surface area contributed by atoms with Gasteiger partial charge in [0.2, 0.25) is 5.91 Å². The molecule has 0 radical (unpaired) electrons. The van der Waals surface area contributed by atoms with Crippen molar-refractivity contribution >= 4 is 17.6 Å². The van der Waals surface area contributed by atoms with Crippen molar-refractivity contribution in [2.24, 2.45) is 11.8 Å². The van der Waals surface area contributed by atoms with Gasteiger partial charge in [-0.25, -0.2) is 4.79 Å². The molecule has 1 aromatic carbocycles. The van der Waals surface area contributed by atoms with E-state index in [1.807, 2.05) is 46.8 Å². The number of esters is 1. The Balaban J connectivity index is 0.00000163. The Morgan fingerprint density at radius 1 is 1.12 bits per heavy atom. The third-order valence-electron chi connectivity index (χ3n) is 4.94. The predicted molar refractivity (Wildman–Crippen MR) is 108 cm³/mol. The molecule has 4 nitrogen and oxygen atoms in total. The van der Waals surface area contributed by atoms with Gasteiger partial charge >= 0.3 is 5.97 Å². The summed E-state index contributed by atoms with van der Waals surface area (Å²) in [5, 5.41) is 0. The van der Waals surface area contributed by atoms with Crippen LogP contribution in [0.1, 0.15) is 76.2 Å². The normalized spacial score (nSPS) is 19.4. The lowest BCUT2D eigenvalue weighted by molar-refractivity contribution is -0.123. The van der Waals surface area contributed by atoms with E-state index in [1.54, 1.807) is 11.0 Å². The molecule has 1 aromatic rings. The fourth-order valence-corrected chi connectivity index (χ4v) is 3.49. The lowest BCUT2D eigenvalue weighted by Crippen LogP contribution is -2.43. The number of hydrogen-bond donors (Lipinski definition) is 0. The van der Waals surface area contributed by atoms with Crippen molar-refractivity contribution in [2.45, 2.75) is 73.3 Å². The van der Waals surface area contributed by atoms with Gasteiger partial charge in [-0.3, -0.25) is 4.79 Å². The molecule has 4 heteroatoms. The van der Waals surface area contributed by atoms with E-state index in [0.717, 1.165) is 31.2 Å². The molecule has 0 saturated heterocycles. The highest BCUT2D eigenvalue weighted by molar-refractivity contribution is 6.03. The molecule has 0 aliphatic heterocycles. The standard InChI is InChI=1S/C20H29NO3.C2H6/c1-13(2)21(19(22)16-9-6-14(3)7-10-16)18-11-8-15(4)12-17(18)20(23)24-5;1-2/h8,11-14,16H,6-7,9-10H2,1-5H3;1-2H3. The molecular formula is C22H35NO3. The van der Waals surface area contributed by atoms with Crippen molar-refractivity contribution in [2.75, 3.05) is 12.0 Å². The van der Waals surface area contributed by atoms with E-state index in [-0.39, 0.29) is 17.9 Å². The highest BCUT2D eigenvalue weighted by Crippen LogP contribution is 2.33. The monoisotopic (exact) mass is 361 g/mol. The Kier molecular flexibility index (Phi) is 8.83. The third kappa shape index (κ3) is 5.33. The maximum atomic E-state index is 13.2. The number of carbonyl (C=O) groups is 2. The van der Waals surface area contributed by atoms with E-state index in [4.69, 9.17) is 4.74 Å². The smallest absolute Gasteiger partial charge is 0.339 e. The molecule has 146 valence electrons. The van der Waals surface area contributed by atoms with Crippen molar-refractivity contribution in [3.63, 3.8) is 0 Å². The number of amides is 1. The number of rotatable bonds is 4. The molecule has 1 aliphatic carbocycles. The molecule has 0 N–H and O–H groups in total. The molecule has 1 saturated carbocycles. The predicted octanol–water partition coefficient (Wildman–Crippen LogP) is 5.38. The third-order valence-corrected chi connectivity index (χ3v) is 4.94. The van der Waals surface area contributed by atoms with Gasteiger partial charge in [-0.1, -0.05) is 32.4 Å². The van der Waals surface area contributed by atoms with E-state index < -0.39 is 5.97 Å². The van der Waals surface area contributed by atoms with E-state index >= 15 is 0 Å². The van der Waals surface area contributed by atoms with Crippen LogP contribution in [0.4, 0.5) is 5.69 Å². The molecule has 1 aliphatic rings. The summed E-state index contributed by atoms with van der Waals surface area (Å²) in [5.74, 6) is 0.484. The zero-order valence-electron chi connectivity index (χ0n) is 17.5. The maximum Gasteiger partial charge on any atom is 0.339 e. The molecule has 0 unspecified atom stereocenters. The maximum absolute atomic E-state index is 13.2. The quantitative estimate of drug-likeness (QED) is 0.677. The van der Waals surface area contributed by atoms with Crippen molar-refractivity contribution < 1.29 is 14.3 Å². The Morgan fingerprint density at radius 3 is 2.19 bits per heavy atom. The summed E-state index contributed by atoms with van der Waals surface area (Å²) >= 11 is 0. The lowest BCUT2D eigenvalue weighted by Gasteiger charge is -2.34. The fraction of sp³-hybridized carbons (Fsp3) is 0.636. The van der Waals surface area contributed by atoms with Gasteiger partial charge in [0.25, 0.3) is 0 Å². The van der Waals surface area contributed by atoms with Crippen LogP contribution in [0.2, 0.25) is 0 Å². The summed E-state index contributed by atoms with van der Waals surface area (Å²) in [5.41, 5.74) is 2.09. The summed E-state index contributed by atoms with van der Waals surface area (Å²) in [6.45, 7) is 12.2. The second-order valence-electron chi connectivity index (χ2n) is 7.27. The van der Waals surface area contributed by atoms with Gasteiger partial charge in [0.1, 0.15) is 0 Å². The average molecular weight is 362 g/mol. The molecule has 0 heterocycles. The highest BCUT2D eigenvalue weighted by Gasteiger charge is 2.32. The van der Waals surface area contributed by atoms with Gasteiger partial charge in [0.15, 0.2) is 0 Å². The number of methoxy groups -OCH3 is 1. The Bertz CT molecular complexity index is 601. The molecule has 2 rings (SSSR count). The van der Waals surface area contributed by atoms with Gasteiger partial charge in [-0.2, -0.15) is 0 Å². The van der Waals surface area contributed by atoms with E-state index in [2.05, 4.69) is 6.92 Å². The van der Waals surface area contributed by atoms with Gasteiger partial charge in [-0.15, -0.1) is 0 Å². The molecule has 0 spiro atoms. The van der Waals surface area contributed by atoms with Gasteiger partial charge < -0.3 is 9.64 Å². The van der Waals surface area contributed by atoms with Crippen molar-refractivity contribution in [3.8, 4) is 0 Å². The number of benzene rings is 1. The topological polar surface area (TPSA) is 46.6 Å². The zero-order chi connectivity index (χ0) is 19.9. The average Bonchev–Trinajstić information content (AvgIpc) is 2.64. The first-order chi connectivity index (χ1) is 12.3. The Hall–Kier alpha value is -1.84. The minimum absolute atomic E-state index is 0.0111. The summed E-state index contributed by atoms with van der Waals surface area (Å²) in [7, 11) is 1.37. The second kappa shape index (κ2) is 10.3. The number of nitrogens with zero attached hydrogens (tertiary/aromatic N) is 1. The molecule has 0 aromatic heterocycles. The van der Waals surface area contributed by atoms with Crippen LogP contribution in [0.3, 0.4) is 0 Å². The summed E-state index contributed by atoms with van der Waals surface area (Å²) in [4.78, 5) is 27.1. The van der Waals surface area contributed by atoms with Crippen molar-refractivity contribution in [3.05, 3.63) is 29.3 Å². The van der Waals surface area contributed by atoms with Crippen LogP contribution in [0.25, 0.3) is 0 Å². The first kappa shape index (κ1) is 22.2. The molecule has 26 heavy (non-hydrogen) atoms. The molecule has 0 bridgehead atoms. The van der Waals surface area contributed by atoms with Crippen molar-refractivity contribution in [1.82, 2.24) is 0 Å².